The van der Waals surface area contributed by atoms with Gasteiger partial charge in [-0.15, -0.1) is 0 Å². The van der Waals surface area contributed by atoms with Gasteiger partial charge in [-0.3, -0.25) is 4.79 Å². The molecule has 0 radical (unpaired) electrons. The van der Waals surface area contributed by atoms with Crippen LogP contribution in [0.2, 0.25) is 0 Å². The van der Waals surface area contributed by atoms with Gasteiger partial charge in [-0.1, -0.05) is 36.4 Å². The van der Waals surface area contributed by atoms with E-state index in [-0.39, 0.29) is 5.91 Å². The summed E-state index contributed by atoms with van der Waals surface area (Å²) < 4.78 is 0. The summed E-state index contributed by atoms with van der Waals surface area (Å²) in [6, 6.07) is 23.0. The van der Waals surface area contributed by atoms with Crippen LogP contribution < -0.4 is 10.6 Å². The van der Waals surface area contributed by atoms with Gasteiger partial charge in [-0.25, -0.2) is 9.97 Å². The van der Waals surface area contributed by atoms with Crippen molar-refractivity contribution in [2.75, 3.05) is 10.6 Å². The zero-order chi connectivity index (χ0) is 19.5. The number of rotatable bonds is 4. The highest BCUT2D eigenvalue weighted by atomic mass is 16.1. The number of hydrogen-bond donors (Lipinski definition) is 2. The number of nitrogens with zero attached hydrogens (tertiary/aromatic N) is 2. The summed E-state index contributed by atoms with van der Waals surface area (Å²) in [4.78, 5) is 21.4. The molecule has 1 aromatic heterocycles. The fourth-order valence-electron chi connectivity index (χ4n) is 3.14. The van der Waals surface area contributed by atoms with Gasteiger partial charge >= 0.3 is 0 Å². The van der Waals surface area contributed by atoms with Crippen molar-refractivity contribution in [3.05, 3.63) is 89.7 Å². The van der Waals surface area contributed by atoms with E-state index in [2.05, 4.69) is 20.6 Å². The van der Waals surface area contributed by atoms with Crippen LogP contribution in [0, 0.1) is 13.8 Å². The summed E-state index contributed by atoms with van der Waals surface area (Å²) in [6.45, 7) is 3.86. The number of carbonyl (C=O) groups excluding carboxylic acids is 1. The van der Waals surface area contributed by atoms with Gasteiger partial charge < -0.3 is 10.6 Å². The number of fused-ring (bicyclic) bond motifs is 1. The largest absolute Gasteiger partial charge is 0.324 e. The Kier molecular flexibility index (Phi) is 4.72. The Morgan fingerprint density at radius 2 is 1.50 bits per heavy atom. The molecule has 5 heteroatoms. The van der Waals surface area contributed by atoms with E-state index in [1.54, 1.807) is 12.1 Å². The fraction of sp³-hybridized carbons (Fsp3) is 0.0870. The highest BCUT2D eigenvalue weighted by Crippen LogP contribution is 2.24. The highest BCUT2D eigenvalue weighted by Gasteiger charge is 2.09. The second-order valence-electron chi connectivity index (χ2n) is 6.66. The van der Waals surface area contributed by atoms with Crippen LogP contribution in [-0.4, -0.2) is 15.9 Å². The Bertz CT molecular complexity index is 1130. The number of amides is 1. The maximum atomic E-state index is 12.7. The minimum absolute atomic E-state index is 0.148. The standard InChI is InChI=1S/C23H20N4O/c1-15-14-16(2)25-23(24-15)26-19-12-10-18(11-13-19)22(28)27-21-9-5-7-17-6-3-4-8-20(17)21/h3-14H,1-2H3,(H,27,28)(H,24,25,26). The van der Waals surface area contributed by atoms with Crippen LogP contribution in [-0.2, 0) is 0 Å². The van der Waals surface area contributed by atoms with E-state index in [0.717, 1.165) is 33.5 Å². The summed E-state index contributed by atoms with van der Waals surface area (Å²) >= 11 is 0. The molecule has 4 rings (SSSR count). The third-order valence-electron chi connectivity index (χ3n) is 4.42. The van der Waals surface area contributed by atoms with Crippen molar-refractivity contribution >= 4 is 34.0 Å². The van der Waals surface area contributed by atoms with E-state index in [0.29, 0.717) is 11.5 Å². The Hall–Kier alpha value is -3.73. The molecule has 4 aromatic rings. The monoisotopic (exact) mass is 368 g/mol. The molecule has 138 valence electrons. The topological polar surface area (TPSA) is 66.9 Å². The number of hydrogen-bond acceptors (Lipinski definition) is 4. The van der Waals surface area contributed by atoms with Crippen LogP contribution in [0.15, 0.2) is 72.8 Å². The predicted molar refractivity (Wildman–Crippen MR) is 113 cm³/mol. The molecule has 0 saturated carbocycles. The van der Waals surface area contributed by atoms with E-state index in [1.807, 2.05) is 74.5 Å². The second-order valence-corrected chi connectivity index (χ2v) is 6.66. The van der Waals surface area contributed by atoms with Crippen LogP contribution in [0.25, 0.3) is 10.8 Å². The molecule has 3 aromatic carbocycles. The summed E-state index contributed by atoms with van der Waals surface area (Å²) in [5, 5.41) is 8.28. The number of aryl methyl sites for hydroxylation is 2. The lowest BCUT2D eigenvalue weighted by Crippen LogP contribution is -2.12. The molecule has 0 aliphatic heterocycles. The van der Waals surface area contributed by atoms with Crippen LogP contribution in [0.3, 0.4) is 0 Å². The second kappa shape index (κ2) is 7.48. The summed E-state index contributed by atoms with van der Waals surface area (Å²) in [6.07, 6.45) is 0. The molecule has 0 aliphatic carbocycles. The van der Waals surface area contributed by atoms with Gasteiger partial charge in [-0.2, -0.15) is 0 Å². The molecule has 0 saturated heterocycles. The van der Waals surface area contributed by atoms with E-state index < -0.39 is 0 Å². The number of aromatic nitrogens is 2. The van der Waals surface area contributed by atoms with Gasteiger partial charge in [-0.05, 0) is 55.6 Å². The molecular weight excluding hydrogens is 348 g/mol. The van der Waals surface area contributed by atoms with Gasteiger partial charge in [0.2, 0.25) is 5.95 Å². The van der Waals surface area contributed by atoms with Crippen molar-refractivity contribution < 1.29 is 4.79 Å². The average molecular weight is 368 g/mol. The van der Waals surface area contributed by atoms with Crippen LogP contribution in [0.4, 0.5) is 17.3 Å². The molecule has 0 fully saturated rings. The van der Waals surface area contributed by atoms with E-state index in [4.69, 9.17) is 0 Å². The Morgan fingerprint density at radius 3 is 2.25 bits per heavy atom. The smallest absolute Gasteiger partial charge is 0.255 e. The first-order valence-corrected chi connectivity index (χ1v) is 9.07. The molecule has 28 heavy (non-hydrogen) atoms. The minimum Gasteiger partial charge on any atom is -0.324 e. The Labute approximate surface area is 163 Å². The molecule has 1 amide bonds. The normalized spacial score (nSPS) is 10.6. The first kappa shape index (κ1) is 17.7. The third-order valence-corrected chi connectivity index (χ3v) is 4.42. The maximum Gasteiger partial charge on any atom is 0.255 e. The van der Waals surface area contributed by atoms with Crippen LogP contribution in [0.5, 0.6) is 0 Å². The van der Waals surface area contributed by atoms with Crippen LogP contribution >= 0.6 is 0 Å². The van der Waals surface area contributed by atoms with Gasteiger partial charge in [0.15, 0.2) is 0 Å². The predicted octanol–water partition coefficient (Wildman–Crippen LogP) is 5.24. The van der Waals surface area contributed by atoms with Gasteiger partial charge in [0.25, 0.3) is 5.91 Å². The molecule has 0 spiro atoms. The lowest BCUT2D eigenvalue weighted by atomic mass is 10.1. The van der Waals surface area contributed by atoms with Crippen molar-refractivity contribution in [1.29, 1.82) is 0 Å². The molecule has 0 aliphatic rings. The lowest BCUT2D eigenvalue weighted by Gasteiger charge is -2.10. The zero-order valence-electron chi connectivity index (χ0n) is 15.7. The van der Waals surface area contributed by atoms with Crippen molar-refractivity contribution in [2.45, 2.75) is 13.8 Å². The quantitative estimate of drug-likeness (QED) is 0.517. The lowest BCUT2D eigenvalue weighted by molar-refractivity contribution is 0.102. The van der Waals surface area contributed by atoms with Gasteiger partial charge in [0.05, 0.1) is 0 Å². The number of nitrogens with one attached hydrogen (secondary N) is 2. The fourth-order valence-corrected chi connectivity index (χ4v) is 3.14. The van der Waals surface area contributed by atoms with Crippen molar-refractivity contribution in [3.63, 3.8) is 0 Å². The van der Waals surface area contributed by atoms with E-state index >= 15 is 0 Å². The first-order valence-electron chi connectivity index (χ1n) is 9.07. The van der Waals surface area contributed by atoms with Gasteiger partial charge in [0.1, 0.15) is 0 Å². The van der Waals surface area contributed by atoms with Crippen molar-refractivity contribution in [3.8, 4) is 0 Å². The van der Waals surface area contributed by atoms with E-state index in [9.17, 15) is 4.79 Å². The summed E-state index contributed by atoms with van der Waals surface area (Å²) in [5.41, 5.74) is 4.02. The third kappa shape index (κ3) is 3.83. The zero-order valence-corrected chi connectivity index (χ0v) is 15.7. The average Bonchev–Trinajstić information content (AvgIpc) is 2.68. The molecule has 2 N–H and O–H groups in total. The van der Waals surface area contributed by atoms with E-state index in [1.165, 1.54) is 0 Å². The van der Waals surface area contributed by atoms with Crippen LogP contribution in [0.1, 0.15) is 21.7 Å². The number of carbonyl (C=O) groups is 1. The molecule has 5 nitrogen and oxygen atoms in total. The molecule has 0 bridgehead atoms. The first-order chi connectivity index (χ1) is 13.6. The molecule has 1 heterocycles. The number of anilines is 3. The van der Waals surface area contributed by atoms with Gasteiger partial charge in [0, 0.05) is 33.7 Å². The SMILES string of the molecule is Cc1cc(C)nc(Nc2ccc(C(=O)Nc3cccc4ccccc34)cc2)n1. The highest BCUT2D eigenvalue weighted by molar-refractivity contribution is 6.09. The molecule has 0 atom stereocenters. The number of benzene rings is 3. The minimum atomic E-state index is -0.148. The van der Waals surface area contributed by atoms with Crippen molar-refractivity contribution in [1.82, 2.24) is 9.97 Å². The van der Waals surface area contributed by atoms with Crippen molar-refractivity contribution in [2.24, 2.45) is 0 Å². The molecule has 0 unspecified atom stereocenters. The Morgan fingerprint density at radius 1 is 0.821 bits per heavy atom. The molecular formula is C23H20N4O. The summed E-state index contributed by atoms with van der Waals surface area (Å²) in [5.74, 6) is 0.399. The maximum absolute atomic E-state index is 12.7. The Balaban J connectivity index is 1.51. The summed E-state index contributed by atoms with van der Waals surface area (Å²) in [7, 11) is 0.